The number of hydrogen-bond acceptors (Lipinski definition) is 6. The number of nitrogens with zero attached hydrogens (tertiary/aromatic N) is 6. The molecule has 2 aromatic heterocycles. The van der Waals surface area contributed by atoms with Gasteiger partial charge in [-0.05, 0) is 12.1 Å². The second kappa shape index (κ2) is 6.93. The lowest BCUT2D eigenvalue weighted by Crippen LogP contribution is -2.59. The predicted molar refractivity (Wildman–Crippen MR) is 98.5 cm³/mol. The molecule has 2 aromatic rings. The second-order valence-corrected chi connectivity index (χ2v) is 8.82. The van der Waals surface area contributed by atoms with Crippen molar-refractivity contribution in [2.45, 2.75) is 4.90 Å². The molecule has 2 saturated heterocycles. The number of rotatable bonds is 4. The molecule has 0 atom stereocenters. The van der Waals surface area contributed by atoms with Crippen LogP contribution in [-0.2, 0) is 21.9 Å². The van der Waals surface area contributed by atoms with Crippen molar-refractivity contribution in [1.82, 2.24) is 24.0 Å². The number of carbonyl (C=O) groups is 1. The van der Waals surface area contributed by atoms with Crippen LogP contribution in [0.1, 0.15) is 0 Å². The smallest absolute Gasteiger partial charge is 0.246 e. The molecule has 0 saturated carbocycles. The summed E-state index contributed by atoms with van der Waals surface area (Å²) in [5.41, 5.74) is 1.11. The van der Waals surface area contributed by atoms with Gasteiger partial charge in [0.15, 0.2) is 0 Å². The Labute approximate surface area is 158 Å². The van der Waals surface area contributed by atoms with Gasteiger partial charge in [-0.25, -0.2) is 8.42 Å². The fourth-order valence-electron chi connectivity index (χ4n) is 3.47. The van der Waals surface area contributed by atoms with E-state index in [1.54, 1.807) is 19.4 Å². The summed E-state index contributed by atoms with van der Waals surface area (Å²) >= 11 is 0. The average Bonchev–Trinajstić information content (AvgIpc) is 3.08. The Kier molecular flexibility index (Phi) is 4.60. The number of pyridine rings is 1. The van der Waals surface area contributed by atoms with Gasteiger partial charge in [-0.1, -0.05) is 0 Å². The largest absolute Gasteiger partial charge is 0.368 e. The van der Waals surface area contributed by atoms with E-state index in [2.05, 4.69) is 15.0 Å². The second-order valence-electron chi connectivity index (χ2n) is 6.89. The minimum absolute atomic E-state index is 0.0435. The standard InChI is InChI=1S/C17H22N6O3S/c1-20-13-16(10-19-20)27(25,26)23-11-14(12-23)17(24)22-8-6-21(7-9-22)15-2-4-18-5-3-15/h2-5,10,13-14H,6-9,11-12H2,1H3. The van der Waals surface area contributed by atoms with Crippen LogP contribution in [-0.4, -0.2) is 77.6 Å². The zero-order valence-corrected chi connectivity index (χ0v) is 15.9. The van der Waals surface area contributed by atoms with E-state index >= 15 is 0 Å². The van der Waals surface area contributed by atoms with E-state index in [1.807, 2.05) is 17.0 Å². The SMILES string of the molecule is Cn1cc(S(=O)(=O)N2CC(C(=O)N3CCN(c4ccncc4)CC3)C2)cn1. The van der Waals surface area contributed by atoms with Crippen LogP contribution >= 0.6 is 0 Å². The van der Waals surface area contributed by atoms with E-state index in [9.17, 15) is 13.2 Å². The number of anilines is 1. The van der Waals surface area contributed by atoms with Crippen molar-refractivity contribution in [3.05, 3.63) is 36.9 Å². The van der Waals surface area contributed by atoms with Crippen LogP contribution in [0.2, 0.25) is 0 Å². The van der Waals surface area contributed by atoms with E-state index in [1.165, 1.54) is 21.4 Å². The van der Waals surface area contributed by atoms with Crippen molar-refractivity contribution in [3.8, 4) is 0 Å². The van der Waals surface area contributed by atoms with Crippen LogP contribution in [0.3, 0.4) is 0 Å². The lowest BCUT2D eigenvalue weighted by atomic mass is 10.0. The molecule has 10 heteroatoms. The van der Waals surface area contributed by atoms with E-state index in [4.69, 9.17) is 0 Å². The number of hydrogen-bond donors (Lipinski definition) is 0. The summed E-state index contributed by atoms with van der Waals surface area (Å²) in [5, 5.41) is 3.91. The number of piperazine rings is 1. The molecule has 0 N–H and O–H groups in total. The molecule has 4 rings (SSSR count). The van der Waals surface area contributed by atoms with Crippen LogP contribution in [0.4, 0.5) is 5.69 Å². The van der Waals surface area contributed by atoms with Crippen molar-refractivity contribution >= 4 is 21.6 Å². The Morgan fingerprint density at radius 1 is 1.11 bits per heavy atom. The van der Waals surface area contributed by atoms with Gasteiger partial charge < -0.3 is 9.80 Å². The average molecular weight is 390 g/mol. The molecule has 0 aromatic carbocycles. The molecule has 27 heavy (non-hydrogen) atoms. The minimum Gasteiger partial charge on any atom is -0.368 e. The van der Waals surface area contributed by atoms with Gasteiger partial charge in [-0.3, -0.25) is 14.5 Å². The first-order valence-electron chi connectivity index (χ1n) is 8.88. The molecule has 144 valence electrons. The Morgan fingerprint density at radius 2 is 1.78 bits per heavy atom. The number of amides is 1. The topological polar surface area (TPSA) is 91.6 Å². The molecule has 0 aliphatic carbocycles. The maximum atomic E-state index is 12.7. The molecule has 0 spiro atoms. The first kappa shape index (κ1) is 17.9. The highest BCUT2D eigenvalue weighted by Crippen LogP contribution is 2.26. The van der Waals surface area contributed by atoms with Crippen LogP contribution in [0.25, 0.3) is 0 Å². The molecule has 2 aliphatic rings. The summed E-state index contributed by atoms with van der Waals surface area (Å²) in [4.78, 5) is 21.0. The van der Waals surface area contributed by atoms with Gasteiger partial charge in [0.25, 0.3) is 0 Å². The first-order valence-corrected chi connectivity index (χ1v) is 10.3. The molecule has 9 nitrogen and oxygen atoms in total. The summed E-state index contributed by atoms with van der Waals surface area (Å²) in [5.74, 6) is -0.217. The zero-order valence-electron chi connectivity index (χ0n) is 15.1. The fraction of sp³-hybridized carbons (Fsp3) is 0.471. The van der Waals surface area contributed by atoms with E-state index in [-0.39, 0.29) is 29.8 Å². The molecule has 2 fully saturated rings. The first-order chi connectivity index (χ1) is 12.9. The highest BCUT2D eigenvalue weighted by Gasteiger charge is 2.42. The lowest BCUT2D eigenvalue weighted by Gasteiger charge is -2.42. The molecule has 1 amide bonds. The van der Waals surface area contributed by atoms with E-state index in [0.717, 1.165) is 18.8 Å². The normalized spacial score (nSPS) is 19.1. The van der Waals surface area contributed by atoms with Crippen molar-refractivity contribution < 1.29 is 13.2 Å². The summed E-state index contributed by atoms with van der Waals surface area (Å²) < 4.78 is 27.8. The van der Waals surface area contributed by atoms with E-state index in [0.29, 0.717) is 13.1 Å². The molecule has 0 bridgehead atoms. The van der Waals surface area contributed by atoms with Gasteiger partial charge >= 0.3 is 0 Å². The van der Waals surface area contributed by atoms with Crippen LogP contribution in [0, 0.1) is 5.92 Å². The Hall–Kier alpha value is -2.46. The van der Waals surface area contributed by atoms with Gasteiger partial charge in [0.2, 0.25) is 15.9 Å². The molecule has 0 radical (unpaired) electrons. The third kappa shape index (κ3) is 3.42. The van der Waals surface area contributed by atoms with Gasteiger partial charge in [0.05, 0.1) is 12.1 Å². The van der Waals surface area contributed by atoms with Gasteiger partial charge in [0, 0.05) is 70.6 Å². The Bertz CT molecular complexity index is 915. The predicted octanol–water partition coefficient (Wildman–Crippen LogP) is -0.216. The number of aromatic nitrogens is 3. The summed E-state index contributed by atoms with van der Waals surface area (Å²) in [7, 11) is -1.88. The zero-order chi connectivity index (χ0) is 19.0. The lowest BCUT2D eigenvalue weighted by molar-refractivity contribution is -0.139. The number of carbonyl (C=O) groups excluding carboxylic acids is 1. The molecular formula is C17H22N6O3S. The third-order valence-electron chi connectivity index (χ3n) is 5.14. The Morgan fingerprint density at radius 3 is 2.37 bits per heavy atom. The van der Waals surface area contributed by atoms with Crippen molar-refractivity contribution in [3.63, 3.8) is 0 Å². The fourth-order valence-corrected chi connectivity index (χ4v) is 4.99. The monoisotopic (exact) mass is 390 g/mol. The third-order valence-corrected chi connectivity index (χ3v) is 6.92. The number of aryl methyl sites for hydroxylation is 1. The molecule has 2 aliphatic heterocycles. The van der Waals surface area contributed by atoms with Crippen molar-refractivity contribution in [2.75, 3.05) is 44.2 Å². The summed E-state index contributed by atoms with van der Waals surface area (Å²) in [6.45, 7) is 3.29. The molecule has 0 unspecified atom stereocenters. The van der Waals surface area contributed by atoms with Crippen LogP contribution in [0.15, 0.2) is 41.8 Å². The summed E-state index contributed by atoms with van der Waals surface area (Å²) in [6.07, 6.45) is 6.34. The summed E-state index contributed by atoms with van der Waals surface area (Å²) in [6, 6.07) is 3.93. The number of sulfonamides is 1. The Balaban J connectivity index is 1.31. The molecule has 4 heterocycles. The maximum Gasteiger partial charge on any atom is 0.246 e. The van der Waals surface area contributed by atoms with Crippen molar-refractivity contribution in [1.29, 1.82) is 0 Å². The van der Waals surface area contributed by atoms with Crippen molar-refractivity contribution in [2.24, 2.45) is 13.0 Å². The van der Waals surface area contributed by atoms with Gasteiger partial charge in [-0.15, -0.1) is 0 Å². The van der Waals surface area contributed by atoms with E-state index < -0.39 is 10.0 Å². The van der Waals surface area contributed by atoms with Gasteiger partial charge in [0.1, 0.15) is 4.90 Å². The highest BCUT2D eigenvalue weighted by molar-refractivity contribution is 7.89. The maximum absolute atomic E-state index is 12.7. The van der Waals surface area contributed by atoms with Gasteiger partial charge in [-0.2, -0.15) is 9.40 Å². The quantitative estimate of drug-likeness (QED) is 0.717. The minimum atomic E-state index is -3.56. The molecular weight excluding hydrogens is 368 g/mol. The highest BCUT2D eigenvalue weighted by atomic mass is 32.2. The van der Waals surface area contributed by atoms with Crippen LogP contribution < -0.4 is 4.90 Å². The van der Waals surface area contributed by atoms with Crippen LogP contribution in [0.5, 0.6) is 0 Å².